The van der Waals surface area contributed by atoms with E-state index in [-0.39, 0.29) is 0 Å². The van der Waals surface area contributed by atoms with E-state index in [1.807, 2.05) is 0 Å². The third kappa shape index (κ3) is 3.25. The smallest absolute Gasteiger partial charge is 0.333 e. The minimum Gasteiger partial charge on any atom is -0.333 e. The van der Waals surface area contributed by atoms with Crippen LogP contribution in [0.5, 0.6) is 0 Å². The van der Waals surface area contributed by atoms with Crippen molar-refractivity contribution in [3.63, 3.8) is 0 Å². The van der Waals surface area contributed by atoms with Crippen LogP contribution in [-0.4, -0.2) is 34.8 Å². The van der Waals surface area contributed by atoms with Gasteiger partial charge in [-0.25, -0.2) is 8.78 Å². The molecule has 14 heteroatoms. The van der Waals surface area contributed by atoms with Gasteiger partial charge in [-0.1, -0.05) is 36.4 Å². The van der Waals surface area contributed by atoms with Crippen molar-refractivity contribution in [2.24, 2.45) is 0 Å². The minimum atomic E-state index is -6.93. The zero-order chi connectivity index (χ0) is 23.6. The van der Waals surface area contributed by atoms with Gasteiger partial charge in [-0.2, -0.15) is 43.9 Å². The van der Waals surface area contributed by atoms with E-state index in [1.54, 1.807) is 0 Å². The highest BCUT2D eigenvalue weighted by Crippen LogP contribution is 2.59. The van der Waals surface area contributed by atoms with Gasteiger partial charge < -0.3 is 10.2 Å². The summed E-state index contributed by atoms with van der Waals surface area (Å²) in [6, 6.07) is 2.63. The molecule has 0 fully saturated rings. The van der Waals surface area contributed by atoms with Gasteiger partial charge in [0.2, 0.25) is 0 Å². The fourth-order valence-electron chi connectivity index (χ4n) is 2.88. The molecule has 0 aliphatic rings. The molecule has 0 aliphatic heterocycles. The van der Waals surface area contributed by atoms with Crippen LogP contribution in [0, 0.1) is 0 Å². The topological polar surface area (TPSA) is 40.5 Å². The fraction of sp³-hybridized carbons (Fsp3) is 0.375. The second kappa shape index (κ2) is 6.64. The summed E-state index contributed by atoms with van der Waals surface area (Å²) in [6.45, 7) is 0. The predicted molar refractivity (Wildman–Crippen MR) is 76.0 cm³/mol. The molecule has 2 atom stereocenters. The lowest BCUT2D eigenvalue weighted by Gasteiger charge is -2.38. The summed E-state index contributed by atoms with van der Waals surface area (Å²) >= 11 is 0. The number of hydrogen-bond acceptors (Lipinski definition) is 2. The molecule has 2 aromatic carbocycles. The Morgan fingerprint density at radius 3 is 1.37 bits per heavy atom. The van der Waals surface area contributed by atoms with Crippen molar-refractivity contribution < 1.29 is 62.9 Å². The Morgan fingerprint density at radius 1 is 0.533 bits per heavy atom. The first kappa shape index (κ1) is 24.1. The van der Waals surface area contributed by atoms with Crippen molar-refractivity contribution in [2.45, 2.75) is 35.9 Å². The highest BCUT2D eigenvalue weighted by molar-refractivity contribution is 5.88. The van der Waals surface area contributed by atoms with Crippen molar-refractivity contribution in [3.05, 3.63) is 47.5 Å². The highest BCUT2D eigenvalue weighted by atomic mass is 19.4. The molecule has 0 aromatic heterocycles. The number of benzene rings is 2. The van der Waals surface area contributed by atoms with Crippen molar-refractivity contribution >= 4 is 10.8 Å². The number of hydrogen-bond donors (Lipinski definition) is 2. The van der Waals surface area contributed by atoms with Crippen LogP contribution in [0.2, 0.25) is 0 Å². The van der Waals surface area contributed by atoms with Gasteiger partial charge in [0.05, 0.1) is 0 Å². The molecule has 168 valence electrons. The Balaban J connectivity index is 3.23. The lowest BCUT2D eigenvalue weighted by Crippen LogP contribution is -2.57. The van der Waals surface area contributed by atoms with Gasteiger partial charge in [-0.15, -0.1) is 0 Å². The Kier molecular flexibility index (Phi) is 5.32. The van der Waals surface area contributed by atoms with E-state index in [4.69, 9.17) is 10.2 Å². The summed E-state index contributed by atoms with van der Waals surface area (Å²) in [5, 5.41) is 14.9. The average molecular weight is 460 g/mol. The minimum absolute atomic E-state index is 0.312. The van der Waals surface area contributed by atoms with Gasteiger partial charge in [0, 0.05) is 11.1 Å². The molecule has 2 nitrogen and oxygen atoms in total. The normalized spacial score (nSPS) is 18.2. The number of alkyl halides is 12. The number of halogens is 12. The second-order valence-electron chi connectivity index (χ2n) is 6.10. The van der Waals surface area contributed by atoms with E-state index in [0.717, 1.165) is 12.1 Å². The largest absolute Gasteiger partial charge is 0.435 e. The van der Waals surface area contributed by atoms with Gasteiger partial charge >= 0.3 is 35.9 Å². The van der Waals surface area contributed by atoms with Crippen molar-refractivity contribution in [1.29, 1.82) is 0 Å². The third-order valence-corrected chi connectivity index (χ3v) is 4.25. The van der Waals surface area contributed by atoms with Crippen molar-refractivity contribution in [1.82, 2.24) is 0 Å². The SMILES string of the molecule is OC(F)(F)C(F)(c1ccc2ccccc2c1C(F)(C(O)(F)F)C(F)(F)F)C(F)(F)F. The van der Waals surface area contributed by atoms with Crippen LogP contribution in [0.3, 0.4) is 0 Å². The fourth-order valence-corrected chi connectivity index (χ4v) is 2.88. The number of fused-ring (bicyclic) bond motifs is 1. The van der Waals surface area contributed by atoms with E-state index in [1.165, 1.54) is 0 Å². The molecule has 0 aliphatic carbocycles. The van der Waals surface area contributed by atoms with Gasteiger partial charge in [0.25, 0.3) is 0 Å². The molecule has 2 rings (SSSR count). The van der Waals surface area contributed by atoms with Crippen molar-refractivity contribution in [2.75, 3.05) is 0 Å². The first-order valence-electron chi connectivity index (χ1n) is 7.45. The van der Waals surface area contributed by atoms with Gasteiger partial charge in [0.1, 0.15) is 0 Å². The van der Waals surface area contributed by atoms with Crippen LogP contribution in [-0.2, 0) is 11.3 Å². The number of rotatable bonds is 4. The summed E-state index contributed by atoms with van der Waals surface area (Å²) in [5.41, 5.74) is -18.9. The zero-order valence-corrected chi connectivity index (χ0v) is 13.9. The van der Waals surface area contributed by atoms with Crippen LogP contribution in [0.4, 0.5) is 52.7 Å². The molecule has 0 heterocycles. The van der Waals surface area contributed by atoms with Crippen LogP contribution in [0.1, 0.15) is 11.1 Å². The van der Waals surface area contributed by atoms with Crippen LogP contribution in [0.15, 0.2) is 36.4 Å². The zero-order valence-electron chi connectivity index (χ0n) is 13.9. The highest BCUT2D eigenvalue weighted by Gasteiger charge is 2.78. The predicted octanol–water partition coefficient (Wildman–Crippen LogP) is 5.46. The van der Waals surface area contributed by atoms with Crippen LogP contribution >= 0.6 is 0 Å². The summed E-state index contributed by atoms with van der Waals surface area (Å²) in [4.78, 5) is 0. The van der Waals surface area contributed by atoms with E-state index in [0.29, 0.717) is 18.2 Å². The summed E-state index contributed by atoms with van der Waals surface area (Å²) in [6.07, 6.45) is -26.9. The maximum absolute atomic E-state index is 14.8. The Bertz CT molecular complexity index is 908. The standard InChI is InChI=1S/C16H8F12O2/c17-11(13(19,20)21,15(25,26)29)9-6-5-7-3-1-2-4-8(7)10(9)12(18,14(22,23)24)16(27,28)30/h1-6,29-30H. The monoisotopic (exact) mass is 460 g/mol. The van der Waals surface area contributed by atoms with Gasteiger partial charge in [-0.3, -0.25) is 0 Å². The summed E-state index contributed by atoms with van der Waals surface area (Å²) < 4.78 is 162. The van der Waals surface area contributed by atoms with Gasteiger partial charge in [-0.05, 0) is 10.8 Å². The molecule has 2 unspecified atom stereocenters. The van der Waals surface area contributed by atoms with Crippen molar-refractivity contribution in [3.8, 4) is 0 Å². The maximum Gasteiger partial charge on any atom is 0.435 e. The van der Waals surface area contributed by atoms with Crippen LogP contribution < -0.4 is 0 Å². The molecule has 2 aromatic rings. The molecule has 0 bridgehead atoms. The average Bonchev–Trinajstić information content (AvgIpc) is 2.55. The maximum atomic E-state index is 14.8. The molecular weight excluding hydrogens is 452 g/mol. The van der Waals surface area contributed by atoms with E-state index < -0.39 is 63.9 Å². The molecule has 0 spiro atoms. The first-order chi connectivity index (χ1) is 13.2. The second-order valence-corrected chi connectivity index (χ2v) is 6.10. The number of aliphatic hydroxyl groups is 2. The lowest BCUT2D eigenvalue weighted by molar-refractivity contribution is -0.385. The Labute approximate surface area is 158 Å². The van der Waals surface area contributed by atoms with Crippen LogP contribution in [0.25, 0.3) is 10.8 Å². The molecule has 2 N–H and O–H groups in total. The van der Waals surface area contributed by atoms with E-state index >= 15 is 0 Å². The Morgan fingerprint density at radius 2 is 0.967 bits per heavy atom. The van der Waals surface area contributed by atoms with E-state index in [9.17, 15) is 52.7 Å². The molecule has 0 saturated carbocycles. The lowest BCUT2D eigenvalue weighted by atomic mass is 9.79. The van der Waals surface area contributed by atoms with E-state index in [2.05, 4.69) is 0 Å². The third-order valence-electron chi connectivity index (χ3n) is 4.25. The molecule has 30 heavy (non-hydrogen) atoms. The molecule has 0 radical (unpaired) electrons. The summed E-state index contributed by atoms with van der Waals surface area (Å²) in [5.74, 6) is 0. The quantitative estimate of drug-likeness (QED) is 0.595. The molecule has 0 amide bonds. The molecular formula is C16H8F12O2. The first-order valence-corrected chi connectivity index (χ1v) is 7.45. The Hall–Kier alpha value is -2.22. The summed E-state index contributed by atoms with van der Waals surface area (Å²) in [7, 11) is 0. The van der Waals surface area contributed by atoms with Gasteiger partial charge in [0.15, 0.2) is 0 Å². The molecule has 0 saturated heterocycles.